The molecule has 0 spiro atoms. The molecule has 1 amide bonds. The van der Waals surface area contributed by atoms with E-state index in [2.05, 4.69) is 66.0 Å². The van der Waals surface area contributed by atoms with Gasteiger partial charge in [-0.2, -0.15) is 0 Å². The van der Waals surface area contributed by atoms with E-state index >= 15 is 0 Å². The fraction of sp³-hybridized carbons (Fsp3) is 0.391. The SMILES string of the molecule is CN=C(NCCc1ccc(C(C)(C)C)cc1)NCc1ccc(C(=O)NC)cc1.I. The maximum atomic E-state index is 11.6. The molecule has 0 aliphatic carbocycles. The topological polar surface area (TPSA) is 65.5 Å². The van der Waals surface area contributed by atoms with Crippen molar-refractivity contribution in [2.24, 2.45) is 4.99 Å². The molecule has 158 valence electrons. The standard InChI is InChI=1S/C23H32N4O.HI/c1-23(2,3)20-12-8-17(9-13-20)14-15-26-22(25-5)27-16-18-6-10-19(11-7-18)21(28)24-4;/h6-13H,14-16H2,1-5H3,(H,24,28)(H2,25,26,27);1H. The molecular weight excluding hydrogens is 475 g/mol. The van der Waals surface area contributed by atoms with Crippen LogP contribution in [0.25, 0.3) is 0 Å². The summed E-state index contributed by atoms with van der Waals surface area (Å²) < 4.78 is 0. The lowest BCUT2D eigenvalue weighted by molar-refractivity contribution is 0.0963. The quantitative estimate of drug-likeness (QED) is 0.316. The molecule has 0 aliphatic heterocycles. The van der Waals surface area contributed by atoms with Crippen molar-refractivity contribution >= 4 is 35.8 Å². The van der Waals surface area contributed by atoms with Crippen LogP contribution in [0.5, 0.6) is 0 Å². The van der Waals surface area contributed by atoms with E-state index in [0.717, 1.165) is 24.5 Å². The van der Waals surface area contributed by atoms with Crippen molar-refractivity contribution in [2.75, 3.05) is 20.6 Å². The van der Waals surface area contributed by atoms with Crippen LogP contribution in [0.1, 0.15) is 47.8 Å². The van der Waals surface area contributed by atoms with Crippen LogP contribution in [-0.2, 0) is 18.4 Å². The van der Waals surface area contributed by atoms with Crippen molar-refractivity contribution in [1.82, 2.24) is 16.0 Å². The molecule has 0 fully saturated rings. The Morgan fingerprint density at radius 2 is 1.52 bits per heavy atom. The molecule has 0 aromatic heterocycles. The number of amides is 1. The third kappa shape index (κ3) is 8.04. The zero-order chi connectivity index (χ0) is 20.6. The van der Waals surface area contributed by atoms with Crippen LogP contribution in [0.15, 0.2) is 53.5 Å². The van der Waals surface area contributed by atoms with E-state index in [1.807, 2.05) is 24.3 Å². The van der Waals surface area contributed by atoms with E-state index in [9.17, 15) is 4.79 Å². The molecule has 0 unspecified atom stereocenters. The summed E-state index contributed by atoms with van der Waals surface area (Å²) in [5.74, 6) is 0.689. The summed E-state index contributed by atoms with van der Waals surface area (Å²) in [6.45, 7) is 8.14. The van der Waals surface area contributed by atoms with Gasteiger partial charge in [-0.05, 0) is 40.7 Å². The van der Waals surface area contributed by atoms with E-state index in [0.29, 0.717) is 12.1 Å². The Kier molecular flexibility index (Phi) is 10.2. The van der Waals surface area contributed by atoms with Gasteiger partial charge < -0.3 is 16.0 Å². The van der Waals surface area contributed by atoms with E-state index in [1.165, 1.54) is 11.1 Å². The summed E-state index contributed by atoms with van der Waals surface area (Å²) >= 11 is 0. The first-order chi connectivity index (χ1) is 13.3. The molecule has 0 heterocycles. The van der Waals surface area contributed by atoms with Gasteiger partial charge in [-0.25, -0.2) is 0 Å². The Bertz CT molecular complexity index is 793. The van der Waals surface area contributed by atoms with E-state index in [-0.39, 0.29) is 35.3 Å². The van der Waals surface area contributed by atoms with E-state index in [1.54, 1.807) is 14.1 Å². The highest BCUT2D eigenvalue weighted by atomic mass is 127. The molecule has 2 aromatic carbocycles. The van der Waals surface area contributed by atoms with Gasteiger partial charge in [0.05, 0.1) is 0 Å². The zero-order valence-electron chi connectivity index (χ0n) is 18.0. The van der Waals surface area contributed by atoms with Gasteiger partial charge in [-0.3, -0.25) is 9.79 Å². The lowest BCUT2D eigenvalue weighted by atomic mass is 9.86. The average molecular weight is 508 g/mol. The highest BCUT2D eigenvalue weighted by molar-refractivity contribution is 14.0. The van der Waals surface area contributed by atoms with Gasteiger partial charge in [0.1, 0.15) is 0 Å². The Morgan fingerprint density at radius 1 is 0.931 bits per heavy atom. The second-order valence-corrected chi connectivity index (χ2v) is 7.83. The van der Waals surface area contributed by atoms with Crippen LogP contribution in [0.3, 0.4) is 0 Å². The van der Waals surface area contributed by atoms with Gasteiger partial charge in [0.25, 0.3) is 5.91 Å². The first kappa shape index (κ1) is 24.9. The van der Waals surface area contributed by atoms with Crippen LogP contribution < -0.4 is 16.0 Å². The maximum absolute atomic E-state index is 11.6. The summed E-state index contributed by atoms with van der Waals surface area (Å²) in [5.41, 5.74) is 4.59. The third-order valence-corrected chi connectivity index (χ3v) is 4.65. The van der Waals surface area contributed by atoms with Gasteiger partial charge in [0.2, 0.25) is 0 Å². The van der Waals surface area contributed by atoms with Crippen LogP contribution in [0.2, 0.25) is 0 Å². The molecule has 5 nitrogen and oxygen atoms in total. The molecule has 0 saturated heterocycles. The second kappa shape index (κ2) is 11.8. The molecule has 3 N–H and O–H groups in total. The first-order valence-corrected chi connectivity index (χ1v) is 9.68. The molecule has 2 aromatic rings. The normalized spacial score (nSPS) is 11.4. The van der Waals surface area contributed by atoms with Crippen molar-refractivity contribution in [3.63, 3.8) is 0 Å². The van der Waals surface area contributed by atoms with Crippen molar-refractivity contribution < 1.29 is 4.79 Å². The lowest BCUT2D eigenvalue weighted by Crippen LogP contribution is -2.37. The van der Waals surface area contributed by atoms with E-state index in [4.69, 9.17) is 0 Å². The summed E-state index contributed by atoms with van der Waals surface area (Å²) in [6.07, 6.45) is 0.936. The van der Waals surface area contributed by atoms with Crippen LogP contribution in [0, 0.1) is 0 Å². The Hall–Kier alpha value is -2.09. The molecule has 6 heteroatoms. The minimum atomic E-state index is -0.0764. The van der Waals surface area contributed by atoms with Crippen molar-refractivity contribution in [3.8, 4) is 0 Å². The lowest BCUT2D eigenvalue weighted by Gasteiger charge is -2.19. The molecule has 0 aliphatic rings. The average Bonchev–Trinajstić information content (AvgIpc) is 2.70. The van der Waals surface area contributed by atoms with Crippen LogP contribution in [-0.4, -0.2) is 32.5 Å². The molecule has 0 saturated carbocycles. The minimum absolute atomic E-state index is 0. The predicted octanol–water partition coefficient (Wildman–Crippen LogP) is 3.87. The van der Waals surface area contributed by atoms with Gasteiger partial charge in [-0.1, -0.05) is 57.2 Å². The molecule has 0 radical (unpaired) electrons. The number of hydrogen-bond donors (Lipinski definition) is 3. The highest BCUT2D eigenvalue weighted by Gasteiger charge is 2.12. The summed E-state index contributed by atoms with van der Waals surface area (Å²) in [5, 5.41) is 9.27. The maximum Gasteiger partial charge on any atom is 0.251 e. The first-order valence-electron chi connectivity index (χ1n) is 9.68. The van der Waals surface area contributed by atoms with Gasteiger partial charge in [0, 0.05) is 32.7 Å². The number of benzene rings is 2. The van der Waals surface area contributed by atoms with E-state index < -0.39 is 0 Å². The van der Waals surface area contributed by atoms with Gasteiger partial charge in [0.15, 0.2) is 5.96 Å². The number of carbonyl (C=O) groups excluding carboxylic acids is 1. The third-order valence-electron chi connectivity index (χ3n) is 4.65. The number of nitrogens with zero attached hydrogens (tertiary/aromatic N) is 1. The number of nitrogens with one attached hydrogen (secondary N) is 3. The summed E-state index contributed by atoms with van der Waals surface area (Å²) in [4.78, 5) is 15.9. The van der Waals surface area contributed by atoms with Gasteiger partial charge in [-0.15, -0.1) is 24.0 Å². The number of aliphatic imine (C=N–C) groups is 1. The monoisotopic (exact) mass is 508 g/mol. The molecule has 29 heavy (non-hydrogen) atoms. The number of halogens is 1. The molecule has 0 atom stereocenters. The van der Waals surface area contributed by atoms with Crippen molar-refractivity contribution in [3.05, 3.63) is 70.8 Å². The number of guanidine groups is 1. The zero-order valence-corrected chi connectivity index (χ0v) is 20.3. The number of carbonyl (C=O) groups is 1. The fourth-order valence-electron chi connectivity index (χ4n) is 2.82. The smallest absolute Gasteiger partial charge is 0.251 e. The largest absolute Gasteiger partial charge is 0.356 e. The van der Waals surface area contributed by atoms with Crippen LogP contribution in [0.4, 0.5) is 0 Å². The minimum Gasteiger partial charge on any atom is -0.356 e. The van der Waals surface area contributed by atoms with Crippen molar-refractivity contribution in [2.45, 2.75) is 39.2 Å². The van der Waals surface area contributed by atoms with Gasteiger partial charge >= 0.3 is 0 Å². The molecule has 0 bridgehead atoms. The Labute approximate surface area is 191 Å². The Balaban J connectivity index is 0.00000420. The fourth-order valence-corrected chi connectivity index (χ4v) is 2.82. The molecule has 2 rings (SSSR count). The second-order valence-electron chi connectivity index (χ2n) is 7.83. The Morgan fingerprint density at radius 3 is 2.03 bits per heavy atom. The molecular formula is C23H33IN4O. The summed E-state index contributed by atoms with van der Waals surface area (Å²) in [6, 6.07) is 16.4. The van der Waals surface area contributed by atoms with Crippen molar-refractivity contribution in [1.29, 1.82) is 0 Å². The van der Waals surface area contributed by atoms with Crippen LogP contribution >= 0.6 is 24.0 Å². The number of hydrogen-bond acceptors (Lipinski definition) is 2. The summed E-state index contributed by atoms with van der Waals surface area (Å²) in [7, 11) is 3.40. The predicted molar refractivity (Wildman–Crippen MR) is 132 cm³/mol. The number of rotatable bonds is 6. The highest BCUT2D eigenvalue weighted by Crippen LogP contribution is 2.22.